The van der Waals surface area contributed by atoms with E-state index in [1.807, 2.05) is 0 Å². The van der Waals surface area contributed by atoms with Crippen LogP contribution in [-0.2, 0) is 6.42 Å². The average Bonchev–Trinajstić information content (AvgIpc) is 2.43. The van der Waals surface area contributed by atoms with Gasteiger partial charge in [0.2, 0.25) is 0 Å². The van der Waals surface area contributed by atoms with Crippen molar-refractivity contribution >= 4 is 22.5 Å². The van der Waals surface area contributed by atoms with Crippen molar-refractivity contribution in [2.75, 3.05) is 13.4 Å². The molecule has 0 fully saturated rings. The van der Waals surface area contributed by atoms with Crippen LogP contribution in [0.4, 0.5) is 0 Å². The van der Waals surface area contributed by atoms with Crippen LogP contribution in [0.5, 0.6) is 5.75 Å². The molecule has 2 heteroatoms. The molecule has 0 radical (unpaired) electrons. The Kier molecular flexibility index (Phi) is 4.54. The Bertz CT molecular complexity index is 534. The van der Waals surface area contributed by atoms with E-state index in [1.165, 1.54) is 40.5 Å². The molecular weight excluding hydrogens is 240 g/mol. The monoisotopic (exact) mass is 260 g/mol. The van der Waals surface area contributed by atoms with Crippen molar-refractivity contribution in [2.24, 2.45) is 0 Å². The van der Waals surface area contributed by atoms with E-state index < -0.39 is 0 Å². The van der Waals surface area contributed by atoms with E-state index in [0.717, 1.165) is 5.75 Å². The van der Waals surface area contributed by atoms with Crippen LogP contribution in [-0.4, -0.2) is 13.4 Å². The summed E-state index contributed by atoms with van der Waals surface area (Å²) in [5.74, 6) is 0.975. The van der Waals surface area contributed by atoms with E-state index in [9.17, 15) is 0 Å². The largest absolute Gasteiger partial charge is 0.496 e. The first-order chi connectivity index (χ1) is 8.78. The van der Waals surface area contributed by atoms with E-state index >= 15 is 0 Å². The Morgan fingerprint density at radius 1 is 1.11 bits per heavy atom. The lowest BCUT2D eigenvalue weighted by atomic mass is 10.0. The van der Waals surface area contributed by atoms with Gasteiger partial charge < -0.3 is 4.74 Å². The number of rotatable bonds is 5. The summed E-state index contributed by atoms with van der Waals surface area (Å²) in [4.78, 5) is 1.20. The first-order valence-corrected chi connectivity index (χ1v) is 7.65. The molecule has 18 heavy (non-hydrogen) atoms. The number of benzene rings is 2. The van der Waals surface area contributed by atoms with Gasteiger partial charge in [-0.3, -0.25) is 0 Å². The fraction of sp³-hybridized carbons (Fsp3) is 0.375. The predicted octanol–water partition coefficient (Wildman–Crippen LogP) is 4.91. The molecule has 0 saturated heterocycles. The summed E-state index contributed by atoms with van der Waals surface area (Å²) in [6, 6.07) is 11.1. The molecule has 0 spiro atoms. The van der Waals surface area contributed by atoms with Gasteiger partial charge in [-0.1, -0.05) is 31.5 Å². The van der Waals surface area contributed by atoms with Gasteiger partial charge in [0.15, 0.2) is 0 Å². The SMILES string of the molecule is CCCCc1ccc2cc(SC)c(OC)cc2c1. The zero-order valence-corrected chi connectivity index (χ0v) is 12.1. The van der Waals surface area contributed by atoms with Crippen LogP contribution >= 0.6 is 11.8 Å². The van der Waals surface area contributed by atoms with E-state index in [1.54, 1.807) is 18.9 Å². The highest BCUT2D eigenvalue weighted by atomic mass is 32.2. The molecule has 0 N–H and O–H groups in total. The zero-order chi connectivity index (χ0) is 13.0. The highest BCUT2D eigenvalue weighted by Gasteiger charge is 2.05. The minimum Gasteiger partial charge on any atom is -0.496 e. The molecule has 0 unspecified atom stereocenters. The summed E-state index contributed by atoms with van der Waals surface area (Å²) >= 11 is 1.73. The minimum absolute atomic E-state index is 0.975. The molecule has 96 valence electrons. The lowest BCUT2D eigenvalue weighted by Crippen LogP contribution is -1.89. The van der Waals surface area contributed by atoms with E-state index in [-0.39, 0.29) is 0 Å². The first kappa shape index (κ1) is 13.3. The third-order valence-corrected chi connectivity index (χ3v) is 3.98. The molecule has 0 aliphatic heterocycles. The molecule has 1 nitrogen and oxygen atoms in total. The molecule has 0 saturated carbocycles. The maximum atomic E-state index is 5.44. The summed E-state index contributed by atoms with van der Waals surface area (Å²) in [5.41, 5.74) is 1.42. The Morgan fingerprint density at radius 3 is 2.61 bits per heavy atom. The van der Waals surface area contributed by atoms with Crippen LogP contribution in [0.2, 0.25) is 0 Å². The molecule has 0 atom stereocenters. The molecule has 2 aromatic rings. The molecule has 2 rings (SSSR count). The predicted molar refractivity (Wildman–Crippen MR) is 80.9 cm³/mol. The van der Waals surface area contributed by atoms with Crippen LogP contribution in [0.3, 0.4) is 0 Å². The number of unbranched alkanes of at least 4 members (excludes halogenated alkanes) is 1. The number of hydrogen-bond acceptors (Lipinski definition) is 2. The Hall–Kier alpha value is -1.15. The fourth-order valence-electron chi connectivity index (χ4n) is 2.16. The molecule has 0 amide bonds. The van der Waals surface area contributed by atoms with E-state index in [2.05, 4.69) is 43.5 Å². The fourth-order valence-corrected chi connectivity index (χ4v) is 2.75. The molecule has 0 bridgehead atoms. The Balaban J connectivity index is 2.42. The van der Waals surface area contributed by atoms with Crippen LogP contribution in [0.1, 0.15) is 25.3 Å². The Morgan fingerprint density at radius 2 is 1.94 bits per heavy atom. The van der Waals surface area contributed by atoms with Crippen molar-refractivity contribution in [3.05, 3.63) is 35.9 Å². The molecule has 0 aromatic heterocycles. The van der Waals surface area contributed by atoms with Crippen LogP contribution < -0.4 is 4.74 Å². The lowest BCUT2D eigenvalue weighted by Gasteiger charge is -2.09. The quantitative estimate of drug-likeness (QED) is 0.706. The van der Waals surface area contributed by atoms with E-state index in [4.69, 9.17) is 4.74 Å². The van der Waals surface area contributed by atoms with E-state index in [0.29, 0.717) is 0 Å². The van der Waals surface area contributed by atoms with Gasteiger partial charge in [0.1, 0.15) is 5.75 Å². The van der Waals surface area contributed by atoms with Crippen molar-refractivity contribution < 1.29 is 4.74 Å². The molecule has 2 aromatic carbocycles. The second-order valence-electron chi connectivity index (χ2n) is 4.49. The normalized spacial score (nSPS) is 10.8. The molecule has 0 aliphatic carbocycles. The maximum Gasteiger partial charge on any atom is 0.133 e. The van der Waals surface area contributed by atoms with Gasteiger partial charge in [-0.15, -0.1) is 11.8 Å². The summed E-state index contributed by atoms with van der Waals surface area (Å²) in [5, 5.41) is 2.57. The van der Waals surface area contributed by atoms with Gasteiger partial charge in [-0.25, -0.2) is 0 Å². The number of fused-ring (bicyclic) bond motifs is 1. The topological polar surface area (TPSA) is 9.23 Å². The summed E-state index contributed by atoms with van der Waals surface area (Å²) in [6.07, 6.45) is 5.75. The third kappa shape index (κ3) is 2.81. The van der Waals surface area contributed by atoms with Gasteiger partial charge in [0.05, 0.1) is 7.11 Å². The standard InChI is InChI=1S/C16H20OS/c1-4-5-6-12-7-8-13-11-16(18-3)15(17-2)10-14(13)9-12/h7-11H,4-6H2,1-3H3. The molecular formula is C16H20OS. The number of thioether (sulfide) groups is 1. The van der Waals surface area contributed by atoms with Crippen molar-refractivity contribution in [3.8, 4) is 5.75 Å². The van der Waals surface area contributed by atoms with Crippen LogP contribution in [0.15, 0.2) is 35.2 Å². The highest BCUT2D eigenvalue weighted by Crippen LogP contribution is 2.32. The molecule has 0 heterocycles. The number of ether oxygens (including phenoxy) is 1. The Labute approximate surface area is 114 Å². The van der Waals surface area contributed by atoms with Crippen molar-refractivity contribution in [3.63, 3.8) is 0 Å². The highest BCUT2D eigenvalue weighted by molar-refractivity contribution is 7.98. The summed E-state index contributed by atoms with van der Waals surface area (Å²) in [6.45, 7) is 2.23. The van der Waals surface area contributed by atoms with Gasteiger partial charge in [0.25, 0.3) is 0 Å². The number of hydrogen-bond donors (Lipinski definition) is 0. The summed E-state index contributed by atoms with van der Waals surface area (Å²) in [7, 11) is 1.74. The smallest absolute Gasteiger partial charge is 0.133 e. The van der Waals surface area contributed by atoms with Gasteiger partial charge in [-0.2, -0.15) is 0 Å². The second-order valence-corrected chi connectivity index (χ2v) is 5.34. The first-order valence-electron chi connectivity index (χ1n) is 6.43. The number of methoxy groups -OCH3 is 1. The average molecular weight is 260 g/mol. The van der Waals surface area contributed by atoms with Crippen molar-refractivity contribution in [1.82, 2.24) is 0 Å². The third-order valence-electron chi connectivity index (χ3n) is 3.23. The van der Waals surface area contributed by atoms with Crippen molar-refractivity contribution in [2.45, 2.75) is 31.1 Å². The van der Waals surface area contributed by atoms with Gasteiger partial charge in [0, 0.05) is 4.90 Å². The maximum absolute atomic E-state index is 5.44. The lowest BCUT2D eigenvalue weighted by molar-refractivity contribution is 0.405. The number of aryl methyl sites for hydroxylation is 1. The zero-order valence-electron chi connectivity index (χ0n) is 11.3. The van der Waals surface area contributed by atoms with Gasteiger partial charge in [-0.05, 0) is 47.6 Å². The van der Waals surface area contributed by atoms with Gasteiger partial charge >= 0.3 is 0 Å². The second kappa shape index (κ2) is 6.14. The minimum atomic E-state index is 0.975. The van der Waals surface area contributed by atoms with Crippen molar-refractivity contribution in [1.29, 1.82) is 0 Å². The van der Waals surface area contributed by atoms with Crippen LogP contribution in [0.25, 0.3) is 10.8 Å². The molecule has 0 aliphatic rings. The summed E-state index contributed by atoms with van der Waals surface area (Å²) < 4.78 is 5.44. The van der Waals surface area contributed by atoms with Crippen LogP contribution in [0, 0.1) is 0 Å².